The van der Waals surface area contributed by atoms with Crippen LogP contribution in [-0.2, 0) is 23.9 Å². The summed E-state index contributed by atoms with van der Waals surface area (Å²) in [4.78, 5) is 31.4. The molecule has 29 heavy (non-hydrogen) atoms. The maximum Gasteiger partial charge on any atom is 0.337 e. The first kappa shape index (κ1) is 32.0. The number of aliphatic carboxylic acids is 1. The van der Waals surface area contributed by atoms with Crippen molar-refractivity contribution in [2.45, 2.75) is 99.5 Å². The van der Waals surface area contributed by atoms with Gasteiger partial charge in [0.05, 0.1) is 19.1 Å². The molecule has 7 heteroatoms. The van der Waals surface area contributed by atoms with Crippen LogP contribution in [0.25, 0.3) is 0 Å². The second-order valence-corrected chi connectivity index (χ2v) is 7.99. The quantitative estimate of drug-likeness (QED) is 0.371. The largest absolute Gasteiger partial charge is 0.481 e. The molecule has 0 amide bonds. The van der Waals surface area contributed by atoms with Gasteiger partial charge >= 0.3 is 17.9 Å². The van der Waals surface area contributed by atoms with E-state index < -0.39 is 17.5 Å². The molecule has 0 fully saturated rings. The molecule has 0 bridgehead atoms. The first-order valence-corrected chi connectivity index (χ1v) is 10.6. The molecule has 174 valence electrons. The second kappa shape index (κ2) is 19.7. The van der Waals surface area contributed by atoms with E-state index in [0.717, 1.165) is 31.6 Å². The van der Waals surface area contributed by atoms with E-state index in [0.29, 0.717) is 19.6 Å². The number of hydrogen-bond acceptors (Lipinski definition) is 6. The molecule has 0 aromatic heterocycles. The first-order valence-electron chi connectivity index (χ1n) is 10.6. The van der Waals surface area contributed by atoms with Gasteiger partial charge < -0.3 is 19.7 Å². The summed E-state index contributed by atoms with van der Waals surface area (Å²) in [7, 11) is 0. The lowest BCUT2D eigenvalue weighted by atomic mass is 10.1. The predicted octanol–water partition coefficient (Wildman–Crippen LogP) is 4.59. The van der Waals surface area contributed by atoms with Crippen molar-refractivity contribution < 1.29 is 34.1 Å². The Morgan fingerprint density at radius 2 is 1.45 bits per heavy atom. The molecule has 0 saturated carbocycles. The van der Waals surface area contributed by atoms with Crippen molar-refractivity contribution in [2.24, 2.45) is 11.8 Å². The Morgan fingerprint density at radius 1 is 0.931 bits per heavy atom. The van der Waals surface area contributed by atoms with E-state index in [2.05, 4.69) is 25.5 Å². The van der Waals surface area contributed by atoms with Crippen LogP contribution in [0.4, 0.5) is 0 Å². The zero-order valence-corrected chi connectivity index (χ0v) is 19.7. The number of hydrogen-bond donors (Lipinski definition) is 2. The van der Waals surface area contributed by atoms with Crippen molar-refractivity contribution in [3.8, 4) is 0 Å². The van der Waals surface area contributed by atoms with Gasteiger partial charge in [-0.3, -0.25) is 9.59 Å². The van der Waals surface area contributed by atoms with Crippen LogP contribution < -0.4 is 0 Å². The summed E-state index contributed by atoms with van der Waals surface area (Å²) in [5, 5.41) is 16.9. The normalized spacial score (nSPS) is 10.4. The molecule has 0 aliphatic carbocycles. The monoisotopic (exact) mass is 420 g/mol. The van der Waals surface area contributed by atoms with Crippen molar-refractivity contribution in [2.75, 3.05) is 13.2 Å². The lowest BCUT2D eigenvalue weighted by molar-refractivity contribution is -0.161. The Labute approximate surface area is 177 Å². The molecule has 0 spiro atoms. The number of carbonyl (C=O) groups is 3. The Hall–Kier alpha value is -1.63. The average molecular weight is 421 g/mol. The van der Waals surface area contributed by atoms with Crippen LogP contribution in [0, 0.1) is 11.8 Å². The van der Waals surface area contributed by atoms with Gasteiger partial charge in [-0.05, 0) is 39.5 Å². The third-order valence-corrected chi connectivity index (χ3v) is 3.44. The highest BCUT2D eigenvalue weighted by Gasteiger charge is 2.24. The van der Waals surface area contributed by atoms with Gasteiger partial charge in [-0.25, -0.2) is 4.79 Å². The Balaban J connectivity index is -0.000000386. The van der Waals surface area contributed by atoms with Gasteiger partial charge in [-0.2, -0.15) is 0 Å². The summed E-state index contributed by atoms with van der Waals surface area (Å²) in [5.41, 5.74) is -1.35. The average Bonchev–Trinajstić information content (AvgIpc) is 2.59. The second-order valence-electron chi connectivity index (χ2n) is 7.99. The van der Waals surface area contributed by atoms with E-state index in [1.165, 1.54) is 20.3 Å². The summed E-state index contributed by atoms with van der Waals surface area (Å²) in [6, 6.07) is 0. The Kier molecular flexibility index (Phi) is 21.7. The van der Waals surface area contributed by atoms with E-state index in [-0.39, 0.29) is 11.9 Å². The summed E-state index contributed by atoms with van der Waals surface area (Å²) in [6.07, 6.45) is 5.99. The molecule has 0 unspecified atom stereocenters. The topological polar surface area (TPSA) is 110 Å². The predicted molar refractivity (Wildman–Crippen MR) is 115 cm³/mol. The Morgan fingerprint density at radius 3 is 1.76 bits per heavy atom. The zero-order valence-electron chi connectivity index (χ0n) is 19.7. The highest BCUT2D eigenvalue weighted by Crippen LogP contribution is 2.08. The third kappa shape index (κ3) is 28.7. The van der Waals surface area contributed by atoms with E-state index in [9.17, 15) is 14.4 Å². The molecule has 0 heterocycles. The Bertz CT molecular complexity index is 423. The number of ether oxygens (including phenoxy) is 2. The van der Waals surface area contributed by atoms with Crippen molar-refractivity contribution in [3.05, 3.63) is 0 Å². The first-order chi connectivity index (χ1) is 13.3. The number of carboxylic acid groups (broad SMARTS) is 1. The zero-order chi connectivity index (χ0) is 23.5. The van der Waals surface area contributed by atoms with Gasteiger partial charge in [-0.15, -0.1) is 0 Å². The SMILES string of the molecule is CC(C)C(=O)O.CCCCOC(=O)CCCCC(C)C.CCOC(=O)C(C)(C)O. The smallest absolute Gasteiger partial charge is 0.337 e. The van der Waals surface area contributed by atoms with Gasteiger partial charge in [0, 0.05) is 6.42 Å². The summed E-state index contributed by atoms with van der Waals surface area (Å²) in [6.45, 7) is 15.2. The van der Waals surface area contributed by atoms with Crippen LogP contribution in [0.1, 0.15) is 93.9 Å². The summed E-state index contributed by atoms with van der Waals surface area (Å²) in [5.74, 6) is -0.835. The van der Waals surface area contributed by atoms with Gasteiger partial charge in [-0.1, -0.05) is 53.9 Å². The molecule has 2 N–H and O–H groups in total. The van der Waals surface area contributed by atoms with E-state index >= 15 is 0 Å². The summed E-state index contributed by atoms with van der Waals surface area (Å²) >= 11 is 0. The van der Waals surface area contributed by atoms with Crippen LogP contribution in [0.2, 0.25) is 0 Å². The van der Waals surface area contributed by atoms with Gasteiger partial charge in [0.2, 0.25) is 0 Å². The number of unbranched alkanes of at least 4 members (excludes halogenated alkanes) is 2. The third-order valence-electron chi connectivity index (χ3n) is 3.44. The fourth-order valence-electron chi connectivity index (χ4n) is 1.53. The van der Waals surface area contributed by atoms with Crippen LogP contribution in [0.3, 0.4) is 0 Å². The van der Waals surface area contributed by atoms with Crippen LogP contribution >= 0.6 is 0 Å². The van der Waals surface area contributed by atoms with Crippen molar-refractivity contribution >= 4 is 17.9 Å². The van der Waals surface area contributed by atoms with E-state index in [4.69, 9.17) is 14.9 Å². The minimum Gasteiger partial charge on any atom is -0.481 e. The molecule has 7 nitrogen and oxygen atoms in total. The minimum atomic E-state index is -1.35. The number of esters is 2. The lowest BCUT2D eigenvalue weighted by Gasteiger charge is -2.13. The van der Waals surface area contributed by atoms with E-state index in [1.807, 2.05) is 0 Å². The van der Waals surface area contributed by atoms with Crippen molar-refractivity contribution in [1.29, 1.82) is 0 Å². The number of carbonyl (C=O) groups excluding carboxylic acids is 2. The fraction of sp³-hybridized carbons (Fsp3) is 0.864. The van der Waals surface area contributed by atoms with Crippen LogP contribution in [0.15, 0.2) is 0 Å². The molecular formula is C22H44O7. The molecule has 0 atom stereocenters. The van der Waals surface area contributed by atoms with Gasteiger partial charge in [0.25, 0.3) is 0 Å². The van der Waals surface area contributed by atoms with Crippen LogP contribution in [-0.4, -0.2) is 46.9 Å². The van der Waals surface area contributed by atoms with Crippen molar-refractivity contribution in [1.82, 2.24) is 0 Å². The highest BCUT2D eigenvalue weighted by molar-refractivity contribution is 5.78. The number of rotatable bonds is 11. The van der Waals surface area contributed by atoms with Crippen molar-refractivity contribution in [3.63, 3.8) is 0 Å². The van der Waals surface area contributed by atoms with E-state index in [1.54, 1.807) is 20.8 Å². The molecular weight excluding hydrogens is 376 g/mol. The number of aliphatic hydroxyl groups is 1. The number of carboxylic acids is 1. The molecule has 0 radical (unpaired) electrons. The molecule has 0 aromatic carbocycles. The van der Waals surface area contributed by atoms with Crippen LogP contribution in [0.5, 0.6) is 0 Å². The molecule has 0 saturated heterocycles. The minimum absolute atomic E-state index is 0.0257. The highest BCUT2D eigenvalue weighted by atomic mass is 16.5. The standard InChI is InChI=1S/C12H24O2.C6H12O3.C4H8O2/c1-4-5-10-14-12(13)9-7-6-8-11(2)3;1-4-9-5(7)6(2,3)8;1-3(2)4(5)6/h11H,4-10H2,1-3H3;8H,4H2,1-3H3;3H,1-2H3,(H,5,6). The molecule has 0 aliphatic heterocycles. The molecule has 0 aliphatic rings. The fourth-order valence-corrected chi connectivity index (χ4v) is 1.53. The molecule has 0 rings (SSSR count). The molecule has 0 aromatic rings. The van der Waals surface area contributed by atoms with Gasteiger partial charge in [0.1, 0.15) is 0 Å². The maximum atomic E-state index is 11.1. The lowest BCUT2D eigenvalue weighted by Crippen LogP contribution is -2.32. The maximum absolute atomic E-state index is 11.1. The summed E-state index contributed by atoms with van der Waals surface area (Å²) < 4.78 is 9.57. The van der Waals surface area contributed by atoms with Gasteiger partial charge in [0.15, 0.2) is 5.60 Å².